The molecule has 0 saturated carbocycles. The Bertz CT molecular complexity index is 363. The minimum absolute atomic E-state index is 0.398. The standard InChI is InChI=1S/C14H23BrN2/c1-6-16-11(4)12-7-8-14(13(15)9-12)17(5)10(2)3/h7-11,16H,6H2,1-5H3. The van der Waals surface area contributed by atoms with E-state index in [0.29, 0.717) is 12.1 Å². The molecule has 0 saturated heterocycles. The summed E-state index contributed by atoms with van der Waals surface area (Å²) in [4.78, 5) is 2.27. The van der Waals surface area contributed by atoms with Crippen molar-refractivity contribution < 1.29 is 0 Å². The van der Waals surface area contributed by atoms with Crippen molar-refractivity contribution in [1.29, 1.82) is 0 Å². The minimum Gasteiger partial charge on any atom is -0.371 e. The van der Waals surface area contributed by atoms with Gasteiger partial charge in [-0.25, -0.2) is 0 Å². The smallest absolute Gasteiger partial charge is 0.0510 e. The molecular weight excluding hydrogens is 276 g/mol. The Morgan fingerprint density at radius 3 is 2.41 bits per heavy atom. The number of halogens is 1. The van der Waals surface area contributed by atoms with Crippen LogP contribution >= 0.6 is 15.9 Å². The molecule has 96 valence electrons. The van der Waals surface area contributed by atoms with Crippen LogP contribution in [0.5, 0.6) is 0 Å². The minimum atomic E-state index is 0.398. The van der Waals surface area contributed by atoms with E-state index in [0.717, 1.165) is 11.0 Å². The van der Waals surface area contributed by atoms with Crippen molar-refractivity contribution in [3.05, 3.63) is 28.2 Å². The van der Waals surface area contributed by atoms with Crippen LogP contribution < -0.4 is 10.2 Å². The highest BCUT2D eigenvalue weighted by atomic mass is 79.9. The van der Waals surface area contributed by atoms with Gasteiger partial charge in [0.1, 0.15) is 0 Å². The maximum Gasteiger partial charge on any atom is 0.0510 e. The number of anilines is 1. The molecular formula is C14H23BrN2. The first-order chi connectivity index (χ1) is 7.97. The summed E-state index contributed by atoms with van der Waals surface area (Å²) in [6.45, 7) is 9.71. The van der Waals surface area contributed by atoms with Crippen molar-refractivity contribution in [3.63, 3.8) is 0 Å². The van der Waals surface area contributed by atoms with Crippen LogP contribution in [0.2, 0.25) is 0 Å². The van der Waals surface area contributed by atoms with Gasteiger partial charge in [-0.2, -0.15) is 0 Å². The number of benzene rings is 1. The van der Waals surface area contributed by atoms with Crippen LogP contribution in [0.4, 0.5) is 5.69 Å². The lowest BCUT2D eigenvalue weighted by molar-refractivity contribution is 0.598. The molecule has 1 aromatic carbocycles. The van der Waals surface area contributed by atoms with Crippen molar-refractivity contribution in [1.82, 2.24) is 5.32 Å². The maximum atomic E-state index is 3.67. The molecule has 0 aliphatic carbocycles. The molecule has 0 aromatic heterocycles. The lowest BCUT2D eigenvalue weighted by Crippen LogP contribution is -2.26. The summed E-state index contributed by atoms with van der Waals surface area (Å²) >= 11 is 3.67. The first-order valence-corrected chi connectivity index (χ1v) is 7.02. The third-order valence-electron chi connectivity index (χ3n) is 3.14. The van der Waals surface area contributed by atoms with Gasteiger partial charge in [-0.1, -0.05) is 13.0 Å². The Hall–Kier alpha value is -0.540. The van der Waals surface area contributed by atoms with E-state index in [1.807, 2.05) is 0 Å². The van der Waals surface area contributed by atoms with Gasteiger partial charge in [-0.15, -0.1) is 0 Å². The van der Waals surface area contributed by atoms with Gasteiger partial charge in [0.2, 0.25) is 0 Å². The van der Waals surface area contributed by atoms with Crippen LogP contribution in [0.15, 0.2) is 22.7 Å². The fraction of sp³-hybridized carbons (Fsp3) is 0.571. The molecule has 0 aliphatic heterocycles. The third kappa shape index (κ3) is 3.71. The predicted molar refractivity (Wildman–Crippen MR) is 79.8 cm³/mol. The van der Waals surface area contributed by atoms with E-state index in [4.69, 9.17) is 0 Å². The summed E-state index contributed by atoms with van der Waals surface area (Å²) in [5.41, 5.74) is 2.56. The van der Waals surface area contributed by atoms with E-state index < -0.39 is 0 Å². The van der Waals surface area contributed by atoms with Crippen LogP contribution in [-0.2, 0) is 0 Å². The molecule has 1 atom stereocenters. The Labute approximate surface area is 114 Å². The fourth-order valence-corrected chi connectivity index (χ4v) is 2.46. The number of nitrogens with zero attached hydrogens (tertiary/aromatic N) is 1. The normalized spacial score (nSPS) is 12.9. The molecule has 1 rings (SSSR count). The molecule has 3 heteroatoms. The highest BCUT2D eigenvalue weighted by molar-refractivity contribution is 9.10. The van der Waals surface area contributed by atoms with Crippen molar-refractivity contribution in [2.45, 2.75) is 39.8 Å². The number of nitrogens with one attached hydrogen (secondary N) is 1. The van der Waals surface area contributed by atoms with E-state index in [9.17, 15) is 0 Å². The second kappa shape index (κ2) is 6.41. The molecule has 17 heavy (non-hydrogen) atoms. The van der Waals surface area contributed by atoms with Gasteiger partial charge >= 0.3 is 0 Å². The van der Waals surface area contributed by atoms with E-state index >= 15 is 0 Å². The first-order valence-electron chi connectivity index (χ1n) is 6.23. The van der Waals surface area contributed by atoms with Gasteiger partial charge in [0, 0.05) is 23.6 Å². The summed E-state index contributed by atoms with van der Waals surface area (Å²) in [6.07, 6.45) is 0. The van der Waals surface area contributed by atoms with Gasteiger partial charge in [0.15, 0.2) is 0 Å². The molecule has 2 nitrogen and oxygen atoms in total. The zero-order chi connectivity index (χ0) is 13.0. The van der Waals surface area contributed by atoms with Gasteiger partial charge in [0.05, 0.1) is 5.69 Å². The number of hydrogen-bond donors (Lipinski definition) is 1. The van der Waals surface area contributed by atoms with Crippen LogP contribution in [0.1, 0.15) is 39.3 Å². The van der Waals surface area contributed by atoms with Crippen molar-refractivity contribution in [3.8, 4) is 0 Å². The fourth-order valence-electron chi connectivity index (χ4n) is 1.78. The SMILES string of the molecule is CCNC(C)c1ccc(N(C)C(C)C)c(Br)c1. The summed E-state index contributed by atoms with van der Waals surface area (Å²) in [5, 5.41) is 3.43. The summed E-state index contributed by atoms with van der Waals surface area (Å²) in [5.74, 6) is 0. The molecule has 0 heterocycles. The predicted octanol–water partition coefficient (Wildman–Crippen LogP) is 3.96. The van der Waals surface area contributed by atoms with Gasteiger partial charge in [0.25, 0.3) is 0 Å². The molecule has 0 spiro atoms. The van der Waals surface area contributed by atoms with Crippen LogP contribution in [0, 0.1) is 0 Å². The lowest BCUT2D eigenvalue weighted by Gasteiger charge is -2.26. The highest BCUT2D eigenvalue weighted by Crippen LogP contribution is 2.29. The molecule has 0 aliphatic rings. The monoisotopic (exact) mass is 298 g/mol. The number of rotatable bonds is 5. The molecule has 0 bridgehead atoms. The molecule has 1 aromatic rings. The van der Waals surface area contributed by atoms with E-state index in [1.165, 1.54) is 11.3 Å². The molecule has 1 unspecified atom stereocenters. The average Bonchev–Trinajstić information content (AvgIpc) is 2.28. The molecule has 1 N–H and O–H groups in total. The average molecular weight is 299 g/mol. The largest absolute Gasteiger partial charge is 0.371 e. The second-order valence-electron chi connectivity index (χ2n) is 4.69. The van der Waals surface area contributed by atoms with Crippen LogP contribution in [0.3, 0.4) is 0 Å². The molecule has 0 amide bonds. The van der Waals surface area contributed by atoms with Gasteiger partial charge in [-0.3, -0.25) is 0 Å². The highest BCUT2D eigenvalue weighted by Gasteiger charge is 2.11. The van der Waals surface area contributed by atoms with Gasteiger partial charge < -0.3 is 10.2 Å². The number of hydrogen-bond acceptors (Lipinski definition) is 2. The van der Waals surface area contributed by atoms with E-state index in [2.05, 4.69) is 79.1 Å². The Balaban J connectivity index is 2.93. The Morgan fingerprint density at radius 2 is 1.94 bits per heavy atom. The summed E-state index contributed by atoms with van der Waals surface area (Å²) in [6, 6.07) is 7.50. The van der Waals surface area contributed by atoms with Crippen LogP contribution in [0.25, 0.3) is 0 Å². The summed E-state index contributed by atoms with van der Waals surface area (Å²) < 4.78 is 1.16. The van der Waals surface area contributed by atoms with E-state index in [-0.39, 0.29) is 0 Å². The lowest BCUT2D eigenvalue weighted by atomic mass is 10.1. The summed E-state index contributed by atoms with van der Waals surface area (Å²) in [7, 11) is 2.12. The zero-order valence-electron chi connectivity index (χ0n) is 11.4. The Kier molecular flexibility index (Phi) is 5.47. The van der Waals surface area contributed by atoms with Crippen molar-refractivity contribution in [2.24, 2.45) is 0 Å². The topological polar surface area (TPSA) is 15.3 Å². The second-order valence-corrected chi connectivity index (χ2v) is 5.55. The van der Waals surface area contributed by atoms with Crippen molar-refractivity contribution in [2.75, 3.05) is 18.5 Å². The van der Waals surface area contributed by atoms with Crippen LogP contribution in [-0.4, -0.2) is 19.6 Å². The van der Waals surface area contributed by atoms with Crippen molar-refractivity contribution >= 4 is 21.6 Å². The molecule has 0 fully saturated rings. The third-order valence-corrected chi connectivity index (χ3v) is 3.77. The quantitative estimate of drug-likeness (QED) is 0.885. The van der Waals surface area contributed by atoms with Gasteiger partial charge in [-0.05, 0) is 60.9 Å². The Morgan fingerprint density at radius 1 is 1.29 bits per heavy atom. The molecule has 0 radical (unpaired) electrons. The van der Waals surface area contributed by atoms with E-state index in [1.54, 1.807) is 0 Å². The maximum absolute atomic E-state index is 3.67. The zero-order valence-corrected chi connectivity index (χ0v) is 13.0. The first kappa shape index (κ1) is 14.5.